The maximum Gasteiger partial charge on any atom is 0.274 e. The minimum absolute atomic E-state index is 0.0551. The molecule has 0 radical (unpaired) electrons. The summed E-state index contributed by atoms with van der Waals surface area (Å²) in [4.78, 5) is 14.2. The molecule has 2 rings (SSSR count). The van der Waals surface area contributed by atoms with Gasteiger partial charge in [0.25, 0.3) is 5.91 Å². The zero-order valence-corrected chi connectivity index (χ0v) is 12.2. The number of aryl methyl sites for hydroxylation is 1. The second-order valence-corrected chi connectivity index (χ2v) is 5.61. The summed E-state index contributed by atoms with van der Waals surface area (Å²) in [6.07, 6.45) is 4.37. The Labute approximate surface area is 119 Å². The Morgan fingerprint density at radius 2 is 2.40 bits per heavy atom. The number of carbonyl (C=O) groups excluding carboxylic acids is 1. The maximum atomic E-state index is 12.4. The molecule has 1 N–H and O–H groups in total. The first kappa shape index (κ1) is 15.0. The summed E-state index contributed by atoms with van der Waals surface area (Å²) in [7, 11) is 3.45. The monoisotopic (exact) mass is 281 g/mol. The smallest absolute Gasteiger partial charge is 0.274 e. The number of piperidine rings is 1. The number of hydrogen-bond acceptors (Lipinski definition) is 4. The van der Waals surface area contributed by atoms with E-state index < -0.39 is 0 Å². The minimum Gasteiger partial charge on any atom is -0.396 e. The number of nitrogens with zero attached hydrogens (tertiary/aromatic N) is 3. The fraction of sp³-hybridized carbons (Fsp3) is 0.714. The lowest BCUT2D eigenvalue weighted by molar-refractivity contribution is 0.00870. The SMILES string of the molecule is COCC[C@]1(CO)CCCN(C(=O)c2ccn(C)n2)C1. The van der Waals surface area contributed by atoms with Crippen LogP contribution in [0.3, 0.4) is 0 Å². The summed E-state index contributed by atoms with van der Waals surface area (Å²) in [6, 6.07) is 1.73. The molecule has 1 aliphatic heterocycles. The maximum absolute atomic E-state index is 12.4. The molecule has 0 saturated carbocycles. The van der Waals surface area contributed by atoms with Crippen LogP contribution in [0.5, 0.6) is 0 Å². The molecule has 112 valence electrons. The van der Waals surface area contributed by atoms with Gasteiger partial charge in [0.2, 0.25) is 0 Å². The molecule has 0 unspecified atom stereocenters. The highest BCUT2D eigenvalue weighted by molar-refractivity contribution is 5.92. The third-order valence-corrected chi connectivity index (χ3v) is 4.05. The molecule has 1 atom stereocenters. The van der Waals surface area contributed by atoms with Crippen molar-refractivity contribution in [3.63, 3.8) is 0 Å². The standard InChI is InChI=1S/C14H23N3O3/c1-16-8-4-12(15-16)13(19)17-7-3-5-14(10-17,11-18)6-9-20-2/h4,8,18H,3,5-7,9-11H2,1-2H3/t14-/m1/s1. The number of methoxy groups -OCH3 is 1. The quantitative estimate of drug-likeness (QED) is 0.861. The van der Waals surface area contributed by atoms with Crippen molar-refractivity contribution in [3.8, 4) is 0 Å². The van der Waals surface area contributed by atoms with E-state index in [-0.39, 0.29) is 17.9 Å². The molecule has 20 heavy (non-hydrogen) atoms. The lowest BCUT2D eigenvalue weighted by Crippen LogP contribution is -2.48. The van der Waals surface area contributed by atoms with Gasteiger partial charge in [-0.1, -0.05) is 0 Å². The van der Waals surface area contributed by atoms with Gasteiger partial charge in [0.15, 0.2) is 0 Å². The first-order valence-corrected chi connectivity index (χ1v) is 6.99. The predicted octanol–water partition coefficient (Wildman–Crippen LogP) is 0.671. The average Bonchev–Trinajstić information content (AvgIpc) is 2.91. The molecule has 6 heteroatoms. The predicted molar refractivity (Wildman–Crippen MR) is 74.4 cm³/mol. The highest BCUT2D eigenvalue weighted by Gasteiger charge is 2.37. The van der Waals surface area contributed by atoms with Gasteiger partial charge in [-0.05, 0) is 25.3 Å². The van der Waals surface area contributed by atoms with Crippen LogP contribution < -0.4 is 0 Å². The molecule has 0 aromatic carbocycles. The molecule has 6 nitrogen and oxygen atoms in total. The number of hydrogen-bond donors (Lipinski definition) is 1. The zero-order chi connectivity index (χ0) is 14.6. The van der Waals surface area contributed by atoms with Gasteiger partial charge in [0.05, 0.1) is 6.61 Å². The van der Waals surface area contributed by atoms with Crippen LogP contribution in [0, 0.1) is 5.41 Å². The van der Waals surface area contributed by atoms with Gasteiger partial charge < -0.3 is 14.7 Å². The Balaban J connectivity index is 2.07. The lowest BCUT2D eigenvalue weighted by atomic mass is 9.78. The van der Waals surface area contributed by atoms with Gasteiger partial charge >= 0.3 is 0 Å². The Hall–Kier alpha value is -1.40. The van der Waals surface area contributed by atoms with E-state index in [1.165, 1.54) is 0 Å². The summed E-state index contributed by atoms with van der Waals surface area (Å²) in [5.74, 6) is -0.0551. The summed E-state index contributed by atoms with van der Waals surface area (Å²) >= 11 is 0. The molecule has 0 aliphatic carbocycles. The van der Waals surface area contributed by atoms with Crippen LogP contribution >= 0.6 is 0 Å². The number of likely N-dealkylation sites (tertiary alicyclic amines) is 1. The Morgan fingerprint density at radius 1 is 1.60 bits per heavy atom. The number of ether oxygens (including phenoxy) is 1. The van der Waals surface area contributed by atoms with E-state index in [1.807, 2.05) is 0 Å². The second-order valence-electron chi connectivity index (χ2n) is 5.61. The van der Waals surface area contributed by atoms with Crippen molar-refractivity contribution in [2.75, 3.05) is 33.4 Å². The Kier molecular flexibility index (Phi) is 4.77. The molecule has 2 heterocycles. The van der Waals surface area contributed by atoms with Crippen LogP contribution in [-0.4, -0.2) is 59.1 Å². The van der Waals surface area contributed by atoms with Crippen LogP contribution in [-0.2, 0) is 11.8 Å². The van der Waals surface area contributed by atoms with Crippen LogP contribution in [0.15, 0.2) is 12.3 Å². The van der Waals surface area contributed by atoms with Gasteiger partial charge in [-0.15, -0.1) is 0 Å². The van der Waals surface area contributed by atoms with Crippen LogP contribution in [0.25, 0.3) is 0 Å². The van der Waals surface area contributed by atoms with Gasteiger partial charge in [-0.2, -0.15) is 5.10 Å². The number of carbonyl (C=O) groups is 1. The average molecular weight is 281 g/mol. The molecule has 0 bridgehead atoms. The molecule has 1 aromatic rings. The lowest BCUT2D eigenvalue weighted by Gasteiger charge is -2.41. The van der Waals surface area contributed by atoms with Crippen molar-refractivity contribution in [2.45, 2.75) is 19.3 Å². The molecular formula is C14H23N3O3. The first-order valence-electron chi connectivity index (χ1n) is 6.99. The third-order valence-electron chi connectivity index (χ3n) is 4.05. The van der Waals surface area contributed by atoms with Gasteiger partial charge in [0, 0.05) is 45.5 Å². The summed E-state index contributed by atoms with van der Waals surface area (Å²) < 4.78 is 6.75. The van der Waals surface area contributed by atoms with E-state index in [0.29, 0.717) is 18.8 Å². The Bertz CT molecular complexity index is 460. The number of aliphatic hydroxyl groups excluding tert-OH is 1. The second kappa shape index (κ2) is 6.37. The molecule has 1 aromatic heterocycles. The van der Waals surface area contributed by atoms with Crippen LogP contribution in [0.2, 0.25) is 0 Å². The van der Waals surface area contributed by atoms with Crippen molar-refractivity contribution in [2.24, 2.45) is 12.5 Å². The molecular weight excluding hydrogens is 258 g/mol. The van der Waals surface area contributed by atoms with E-state index in [2.05, 4.69) is 5.10 Å². The molecule has 0 spiro atoms. The zero-order valence-electron chi connectivity index (χ0n) is 12.2. The number of amides is 1. The summed E-state index contributed by atoms with van der Waals surface area (Å²) in [5.41, 5.74) is 0.228. The van der Waals surface area contributed by atoms with Gasteiger partial charge in [-0.25, -0.2) is 0 Å². The van der Waals surface area contributed by atoms with Gasteiger partial charge in [0.1, 0.15) is 5.69 Å². The van der Waals surface area contributed by atoms with Crippen molar-refractivity contribution in [1.29, 1.82) is 0 Å². The van der Waals surface area contributed by atoms with Crippen LogP contribution in [0.4, 0.5) is 0 Å². The molecule has 1 aliphatic rings. The molecule has 1 saturated heterocycles. The first-order chi connectivity index (χ1) is 9.60. The number of aliphatic hydroxyl groups is 1. The molecule has 1 fully saturated rings. The fourth-order valence-corrected chi connectivity index (χ4v) is 2.80. The minimum atomic E-state index is -0.237. The molecule has 1 amide bonds. The van der Waals surface area contributed by atoms with E-state index in [0.717, 1.165) is 25.8 Å². The largest absolute Gasteiger partial charge is 0.396 e. The third kappa shape index (κ3) is 3.19. The number of rotatable bonds is 5. The normalized spacial score (nSPS) is 23.1. The van der Waals surface area contributed by atoms with Crippen LogP contribution in [0.1, 0.15) is 29.8 Å². The summed E-state index contributed by atoms with van der Waals surface area (Å²) in [5, 5.41) is 13.9. The Morgan fingerprint density at radius 3 is 3.00 bits per heavy atom. The van der Waals surface area contributed by atoms with E-state index in [9.17, 15) is 9.90 Å². The fourth-order valence-electron chi connectivity index (χ4n) is 2.80. The van der Waals surface area contributed by atoms with Crippen molar-refractivity contribution >= 4 is 5.91 Å². The number of aromatic nitrogens is 2. The van der Waals surface area contributed by atoms with Crippen molar-refractivity contribution in [3.05, 3.63) is 18.0 Å². The highest BCUT2D eigenvalue weighted by Crippen LogP contribution is 2.33. The van der Waals surface area contributed by atoms with E-state index >= 15 is 0 Å². The van der Waals surface area contributed by atoms with Gasteiger partial charge in [-0.3, -0.25) is 9.48 Å². The highest BCUT2D eigenvalue weighted by atomic mass is 16.5. The summed E-state index contributed by atoms with van der Waals surface area (Å²) in [6.45, 7) is 1.99. The van der Waals surface area contributed by atoms with E-state index in [4.69, 9.17) is 4.74 Å². The van der Waals surface area contributed by atoms with Crippen molar-refractivity contribution < 1.29 is 14.6 Å². The topological polar surface area (TPSA) is 67.6 Å². The van der Waals surface area contributed by atoms with Crippen molar-refractivity contribution in [1.82, 2.24) is 14.7 Å². The van der Waals surface area contributed by atoms with E-state index in [1.54, 1.807) is 36.0 Å².